The first-order valence-corrected chi connectivity index (χ1v) is 5.69. The van der Waals surface area contributed by atoms with Crippen LogP contribution in [0.15, 0.2) is 0 Å². The predicted molar refractivity (Wildman–Crippen MR) is 59.8 cm³/mol. The number of amides is 1. The van der Waals surface area contributed by atoms with Crippen LogP contribution in [0.1, 0.15) is 20.3 Å². The molecule has 2 unspecified atom stereocenters. The fourth-order valence-electron chi connectivity index (χ4n) is 1.54. The van der Waals surface area contributed by atoms with E-state index in [4.69, 9.17) is 4.74 Å². The van der Waals surface area contributed by atoms with Gasteiger partial charge in [-0.15, -0.1) is 0 Å². The van der Waals surface area contributed by atoms with Gasteiger partial charge < -0.3 is 15.4 Å². The van der Waals surface area contributed by atoms with Crippen molar-refractivity contribution in [3.05, 3.63) is 0 Å². The van der Waals surface area contributed by atoms with Crippen LogP contribution >= 0.6 is 0 Å². The Labute approximate surface area is 95.9 Å². The average Bonchev–Trinajstić information content (AvgIpc) is 2.21. The van der Waals surface area contributed by atoms with Gasteiger partial charge in [0.15, 0.2) is 0 Å². The van der Waals surface area contributed by atoms with Crippen molar-refractivity contribution in [2.75, 3.05) is 20.2 Å². The Balaban J connectivity index is 2.54. The zero-order valence-electron chi connectivity index (χ0n) is 10.1. The van der Waals surface area contributed by atoms with Crippen molar-refractivity contribution in [2.24, 2.45) is 11.8 Å². The standard InChI is InChI=1S/C11H20N2O3/c1-4-7(2)9(11(15)16-3)13-10(14)8-5-12-6-8/h7-9,12H,4-6H2,1-3H3,(H,13,14). The Morgan fingerprint density at radius 2 is 2.12 bits per heavy atom. The number of esters is 1. The van der Waals surface area contributed by atoms with Gasteiger partial charge in [0, 0.05) is 13.1 Å². The van der Waals surface area contributed by atoms with Crippen LogP contribution in [0.4, 0.5) is 0 Å². The molecule has 1 heterocycles. The first-order chi connectivity index (χ1) is 7.60. The summed E-state index contributed by atoms with van der Waals surface area (Å²) in [5, 5.41) is 5.79. The topological polar surface area (TPSA) is 67.4 Å². The molecule has 1 amide bonds. The number of nitrogens with one attached hydrogen (secondary N) is 2. The van der Waals surface area contributed by atoms with E-state index in [0.29, 0.717) is 13.1 Å². The van der Waals surface area contributed by atoms with Gasteiger partial charge in [-0.2, -0.15) is 0 Å². The lowest BCUT2D eigenvalue weighted by Gasteiger charge is -2.29. The van der Waals surface area contributed by atoms with E-state index in [-0.39, 0.29) is 23.7 Å². The molecular weight excluding hydrogens is 208 g/mol. The van der Waals surface area contributed by atoms with Crippen LogP contribution in [0.25, 0.3) is 0 Å². The first kappa shape index (κ1) is 13.0. The van der Waals surface area contributed by atoms with Crippen molar-refractivity contribution >= 4 is 11.9 Å². The van der Waals surface area contributed by atoms with Crippen molar-refractivity contribution in [1.82, 2.24) is 10.6 Å². The maximum atomic E-state index is 11.7. The Morgan fingerprint density at radius 3 is 2.50 bits per heavy atom. The summed E-state index contributed by atoms with van der Waals surface area (Å²) < 4.78 is 4.70. The fraction of sp³-hybridized carbons (Fsp3) is 0.818. The maximum absolute atomic E-state index is 11.7. The number of hydrogen-bond donors (Lipinski definition) is 2. The number of carbonyl (C=O) groups excluding carboxylic acids is 2. The third-order valence-electron chi connectivity index (χ3n) is 3.12. The Bertz CT molecular complexity index is 264. The van der Waals surface area contributed by atoms with Crippen molar-refractivity contribution in [1.29, 1.82) is 0 Å². The summed E-state index contributed by atoms with van der Waals surface area (Å²) in [5.74, 6) is -0.343. The lowest BCUT2D eigenvalue weighted by molar-refractivity contribution is -0.147. The van der Waals surface area contributed by atoms with Crippen LogP contribution in [0.3, 0.4) is 0 Å². The molecule has 1 fully saturated rings. The highest BCUT2D eigenvalue weighted by Crippen LogP contribution is 2.11. The van der Waals surface area contributed by atoms with Crippen LogP contribution in [0.2, 0.25) is 0 Å². The Kier molecular flexibility index (Phi) is 4.73. The molecule has 1 rings (SSSR count). The van der Waals surface area contributed by atoms with E-state index in [1.54, 1.807) is 0 Å². The Hall–Kier alpha value is -1.10. The summed E-state index contributed by atoms with van der Waals surface area (Å²) in [7, 11) is 1.34. The van der Waals surface area contributed by atoms with Gasteiger partial charge in [0.05, 0.1) is 13.0 Å². The molecule has 1 saturated heterocycles. The van der Waals surface area contributed by atoms with Gasteiger partial charge in [-0.25, -0.2) is 4.79 Å². The summed E-state index contributed by atoms with van der Waals surface area (Å²) in [5.41, 5.74) is 0. The molecule has 0 saturated carbocycles. The highest BCUT2D eigenvalue weighted by atomic mass is 16.5. The molecule has 0 spiro atoms. The molecule has 0 aromatic heterocycles. The van der Waals surface area contributed by atoms with E-state index in [2.05, 4.69) is 10.6 Å². The lowest BCUT2D eigenvalue weighted by atomic mass is 9.96. The minimum atomic E-state index is -0.525. The van der Waals surface area contributed by atoms with Crippen LogP contribution in [-0.4, -0.2) is 38.1 Å². The Morgan fingerprint density at radius 1 is 1.50 bits per heavy atom. The van der Waals surface area contributed by atoms with Crippen LogP contribution in [0.5, 0.6) is 0 Å². The van der Waals surface area contributed by atoms with Crippen molar-refractivity contribution in [2.45, 2.75) is 26.3 Å². The van der Waals surface area contributed by atoms with E-state index in [9.17, 15) is 9.59 Å². The number of ether oxygens (including phenoxy) is 1. The second kappa shape index (κ2) is 5.84. The van der Waals surface area contributed by atoms with E-state index < -0.39 is 6.04 Å². The average molecular weight is 228 g/mol. The van der Waals surface area contributed by atoms with Crippen molar-refractivity contribution in [3.63, 3.8) is 0 Å². The monoisotopic (exact) mass is 228 g/mol. The second-order valence-electron chi connectivity index (χ2n) is 4.25. The van der Waals surface area contributed by atoms with E-state index in [1.807, 2.05) is 13.8 Å². The molecule has 0 radical (unpaired) electrons. The highest BCUT2D eigenvalue weighted by Gasteiger charge is 2.31. The van der Waals surface area contributed by atoms with Gasteiger partial charge in [-0.3, -0.25) is 4.79 Å². The summed E-state index contributed by atoms with van der Waals surface area (Å²) in [4.78, 5) is 23.2. The molecule has 16 heavy (non-hydrogen) atoms. The first-order valence-electron chi connectivity index (χ1n) is 5.69. The molecule has 1 aliphatic rings. The summed E-state index contributed by atoms with van der Waals surface area (Å²) >= 11 is 0. The third-order valence-corrected chi connectivity index (χ3v) is 3.12. The summed E-state index contributed by atoms with van der Waals surface area (Å²) in [6, 6.07) is -0.525. The predicted octanol–water partition coefficient (Wildman–Crippen LogP) is -0.0903. The van der Waals surface area contributed by atoms with Crippen LogP contribution in [-0.2, 0) is 14.3 Å². The van der Waals surface area contributed by atoms with Gasteiger partial charge in [0.25, 0.3) is 0 Å². The van der Waals surface area contributed by atoms with Gasteiger partial charge >= 0.3 is 5.97 Å². The number of methoxy groups -OCH3 is 1. The highest BCUT2D eigenvalue weighted by molar-refractivity contribution is 5.86. The SMILES string of the molecule is CCC(C)C(NC(=O)C1CNC1)C(=O)OC. The molecule has 0 bridgehead atoms. The number of rotatable bonds is 5. The molecule has 0 aromatic carbocycles. The minimum absolute atomic E-state index is 0.00351. The third kappa shape index (κ3) is 2.95. The molecule has 0 aliphatic carbocycles. The number of hydrogen-bond acceptors (Lipinski definition) is 4. The van der Waals surface area contributed by atoms with Crippen LogP contribution in [0, 0.1) is 11.8 Å². The molecule has 92 valence electrons. The fourth-order valence-corrected chi connectivity index (χ4v) is 1.54. The summed E-state index contributed by atoms with van der Waals surface area (Å²) in [6.07, 6.45) is 0.822. The minimum Gasteiger partial charge on any atom is -0.467 e. The zero-order valence-corrected chi connectivity index (χ0v) is 10.1. The molecule has 1 aliphatic heterocycles. The van der Waals surface area contributed by atoms with Gasteiger partial charge in [0.1, 0.15) is 6.04 Å². The van der Waals surface area contributed by atoms with Crippen molar-refractivity contribution in [3.8, 4) is 0 Å². The van der Waals surface area contributed by atoms with Crippen LogP contribution < -0.4 is 10.6 Å². The number of carbonyl (C=O) groups is 2. The van der Waals surface area contributed by atoms with E-state index in [0.717, 1.165) is 6.42 Å². The lowest BCUT2D eigenvalue weighted by Crippen LogP contribution is -2.55. The van der Waals surface area contributed by atoms with Gasteiger partial charge in [-0.05, 0) is 5.92 Å². The molecule has 2 N–H and O–H groups in total. The molecule has 0 aromatic rings. The maximum Gasteiger partial charge on any atom is 0.328 e. The normalized spacial score (nSPS) is 19.4. The molecule has 5 nitrogen and oxygen atoms in total. The van der Waals surface area contributed by atoms with E-state index in [1.165, 1.54) is 7.11 Å². The quantitative estimate of drug-likeness (QED) is 0.645. The summed E-state index contributed by atoms with van der Waals surface area (Å²) in [6.45, 7) is 5.30. The van der Waals surface area contributed by atoms with Crippen molar-refractivity contribution < 1.29 is 14.3 Å². The van der Waals surface area contributed by atoms with Gasteiger partial charge in [0.2, 0.25) is 5.91 Å². The second-order valence-corrected chi connectivity index (χ2v) is 4.25. The van der Waals surface area contributed by atoms with E-state index >= 15 is 0 Å². The largest absolute Gasteiger partial charge is 0.467 e. The molecule has 5 heteroatoms. The molecular formula is C11H20N2O3. The zero-order chi connectivity index (χ0) is 12.1. The smallest absolute Gasteiger partial charge is 0.328 e. The van der Waals surface area contributed by atoms with Gasteiger partial charge in [-0.1, -0.05) is 20.3 Å². The molecule has 2 atom stereocenters.